The Morgan fingerprint density at radius 2 is 2.21 bits per heavy atom. The maximum absolute atomic E-state index is 12.2. The van der Waals surface area contributed by atoms with Gasteiger partial charge in [0, 0.05) is 15.9 Å². The van der Waals surface area contributed by atoms with Crippen LogP contribution in [0.2, 0.25) is 0 Å². The summed E-state index contributed by atoms with van der Waals surface area (Å²) in [5, 5.41) is 3.09. The summed E-state index contributed by atoms with van der Waals surface area (Å²) < 4.78 is 0.829. The SMILES string of the molecule is O=C(NCC1CC2CCC1C2)c1cc(S)ccc1Br. The zero-order valence-corrected chi connectivity index (χ0v) is 13.2. The maximum Gasteiger partial charge on any atom is 0.252 e. The molecule has 2 nitrogen and oxygen atoms in total. The van der Waals surface area contributed by atoms with Crippen molar-refractivity contribution in [3.63, 3.8) is 0 Å². The summed E-state index contributed by atoms with van der Waals surface area (Å²) in [5.74, 6) is 2.48. The Morgan fingerprint density at radius 1 is 1.37 bits per heavy atom. The molecule has 0 aliphatic heterocycles. The minimum atomic E-state index is 0.00514. The molecule has 2 fully saturated rings. The number of rotatable bonds is 3. The number of carbonyl (C=O) groups is 1. The number of hydrogen-bond acceptors (Lipinski definition) is 2. The van der Waals surface area contributed by atoms with Gasteiger partial charge in [-0.2, -0.15) is 0 Å². The van der Waals surface area contributed by atoms with Crippen LogP contribution in [0, 0.1) is 17.8 Å². The molecule has 3 rings (SSSR count). The van der Waals surface area contributed by atoms with Crippen LogP contribution in [0.15, 0.2) is 27.6 Å². The molecule has 4 heteroatoms. The molecule has 0 radical (unpaired) electrons. The van der Waals surface area contributed by atoms with Crippen molar-refractivity contribution >= 4 is 34.5 Å². The third-order valence-corrected chi connectivity index (χ3v) is 5.57. The third-order valence-electron chi connectivity index (χ3n) is 4.60. The fraction of sp³-hybridized carbons (Fsp3) is 0.533. The number of thiol groups is 1. The van der Waals surface area contributed by atoms with Crippen LogP contribution in [0.25, 0.3) is 0 Å². The Kier molecular flexibility index (Phi) is 3.90. The second-order valence-electron chi connectivity index (χ2n) is 5.81. The fourth-order valence-corrected chi connectivity index (χ4v) is 4.26. The Labute approximate surface area is 127 Å². The van der Waals surface area contributed by atoms with Crippen LogP contribution < -0.4 is 5.32 Å². The topological polar surface area (TPSA) is 29.1 Å². The van der Waals surface area contributed by atoms with E-state index in [1.807, 2.05) is 18.2 Å². The predicted octanol–water partition coefficient (Wildman–Crippen LogP) is 3.90. The molecule has 19 heavy (non-hydrogen) atoms. The van der Waals surface area contributed by atoms with Crippen LogP contribution in [-0.4, -0.2) is 12.5 Å². The fourth-order valence-electron chi connectivity index (χ4n) is 3.63. The van der Waals surface area contributed by atoms with Gasteiger partial charge >= 0.3 is 0 Å². The first kappa shape index (κ1) is 13.5. The van der Waals surface area contributed by atoms with Gasteiger partial charge < -0.3 is 5.32 Å². The van der Waals surface area contributed by atoms with Crippen LogP contribution in [0.1, 0.15) is 36.0 Å². The molecule has 1 amide bonds. The number of fused-ring (bicyclic) bond motifs is 2. The number of hydrogen-bond donors (Lipinski definition) is 2. The minimum Gasteiger partial charge on any atom is -0.352 e. The highest BCUT2D eigenvalue weighted by atomic mass is 79.9. The van der Waals surface area contributed by atoms with Crippen molar-refractivity contribution in [3.05, 3.63) is 28.2 Å². The van der Waals surface area contributed by atoms with E-state index < -0.39 is 0 Å². The summed E-state index contributed by atoms with van der Waals surface area (Å²) in [6.07, 6.45) is 5.46. The number of carbonyl (C=O) groups excluding carboxylic acids is 1. The van der Waals surface area contributed by atoms with Crippen molar-refractivity contribution in [1.29, 1.82) is 0 Å². The number of benzene rings is 1. The smallest absolute Gasteiger partial charge is 0.252 e. The number of amides is 1. The van der Waals surface area contributed by atoms with Crippen molar-refractivity contribution < 1.29 is 4.79 Å². The predicted molar refractivity (Wildman–Crippen MR) is 82.7 cm³/mol. The molecule has 1 aromatic rings. The lowest BCUT2D eigenvalue weighted by atomic mass is 9.89. The highest BCUT2D eigenvalue weighted by Gasteiger charge is 2.39. The average Bonchev–Trinajstić information content (AvgIpc) is 3.01. The lowest BCUT2D eigenvalue weighted by molar-refractivity contribution is 0.0941. The van der Waals surface area contributed by atoms with Gasteiger partial charge in [0.05, 0.1) is 5.56 Å². The van der Waals surface area contributed by atoms with Crippen LogP contribution >= 0.6 is 28.6 Å². The van der Waals surface area contributed by atoms with Gasteiger partial charge in [-0.25, -0.2) is 0 Å². The summed E-state index contributed by atoms with van der Waals surface area (Å²) in [5.41, 5.74) is 0.677. The zero-order chi connectivity index (χ0) is 13.4. The lowest BCUT2D eigenvalue weighted by Crippen LogP contribution is -2.31. The van der Waals surface area contributed by atoms with E-state index in [0.29, 0.717) is 11.5 Å². The second kappa shape index (κ2) is 5.49. The Hall–Kier alpha value is -0.480. The van der Waals surface area contributed by atoms with Crippen LogP contribution in [0.3, 0.4) is 0 Å². The van der Waals surface area contributed by atoms with Crippen LogP contribution in [0.4, 0.5) is 0 Å². The normalized spacial score (nSPS) is 28.6. The van der Waals surface area contributed by atoms with Crippen LogP contribution in [-0.2, 0) is 0 Å². The monoisotopic (exact) mass is 339 g/mol. The Balaban J connectivity index is 1.61. The lowest BCUT2D eigenvalue weighted by Gasteiger charge is -2.22. The molecule has 0 spiro atoms. The molecule has 102 valence electrons. The average molecular weight is 340 g/mol. The molecule has 3 atom stereocenters. The Bertz CT molecular complexity index is 505. The highest BCUT2D eigenvalue weighted by Crippen LogP contribution is 2.47. The summed E-state index contributed by atoms with van der Waals surface area (Å²) in [6, 6.07) is 5.55. The molecule has 0 aromatic heterocycles. The summed E-state index contributed by atoms with van der Waals surface area (Å²) >= 11 is 7.71. The van der Waals surface area contributed by atoms with Gasteiger partial charge in [-0.15, -0.1) is 12.6 Å². The van der Waals surface area contributed by atoms with Gasteiger partial charge in [0.2, 0.25) is 0 Å². The van der Waals surface area contributed by atoms with Gasteiger partial charge in [0.25, 0.3) is 5.91 Å². The van der Waals surface area contributed by atoms with E-state index >= 15 is 0 Å². The maximum atomic E-state index is 12.2. The standard InChI is InChI=1S/C15H18BrNOS/c16-14-4-3-12(19)7-13(14)15(18)17-8-11-6-9-1-2-10(11)5-9/h3-4,7,9-11,19H,1-2,5-6,8H2,(H,17,18). The zero-order valence-electron chi connectivity index (χ0n) is 10.7. The second-order valence-corrected chi connectivity index (χ2v) is 7.18. The molecule has 0 heterocycles. The van der Waals surface area contributed by atoms with Gasteiger partial charge in [0.15, 0.2) is 0 Å². The third kappa shape index (κ3) is 2.84. The van der Waals surface area contributed by atoms with E-state index in [-0.39, 0.29) is 5.91 Å². The first-order valence-corrected chi connectivity index (χ1v) is 8.14. The number of halogens is 1. The van der Waals surface area contributed by atoms with E-state index in [0.717, 1.165) is 27.7 Å². The molecule has 3 unspecified atom stereocenters. The summed E-state index contributed by atoms with van der Waals surface area (Å²) in [4.78, 5) is 13.0. The van der Waals surface area contributed by atoms with Crippen molar-refractivity contribution in [2.24, 2.45) is 17.8 Å². The molecule has 2 aliphatic rings. The molecule has 1 aromatic carbocycles. The van der Waals surface area contributed by atoms with Crippen molar-refractivity contribution in [3.8, 4) is 0 Å². The highest BCUT2D eigenvalue weighted by molar-refractivity contribution is 9.10. The number of nitrogens with one attached hydrogen (secondary N) is 1. The van der Waals surface area contributed by atoms with Gasteiger partial charge in [-0.1, -0.05) is 6.42 Å². The molecule has 2 bridgehead atoms. The van der Waals surface area contributed by atoms with E-state index in [1.165, 1.54) is 25.7 Å². The first-order valence-electron chi connectivity index (χ1n) is 6.90. The minimum absolute atomic E-state index is 0.00514. The summed E-state index contributed by atoms with van der Waals surface area (Å²) in [6.45, 7) is 0.823. The quantitative estimate of drug-likeness (QED) is 0.803. The molecular weight excluding hydrogens is 322 g/mol. The van der Waals surface area contributed by atoms with E-state index in [1.54, 1.807) is 0 Å². The van der Waals surface area contributed by atoms with Gasteiger partial charge in [-0.05, 0) is 71.1 Å². The molecule has 2 saturated carbocycles. The summed E-state index contributed by atoms with van der Waals surface area (Å²) in [7, 11) is 0. The van der Waals surface area contributed by atoms with Crippen molar-refractivity contribution in [2.45, 2.75) is 30.6 Å². The Morgan fingerprint density at radius 3 is 2.89 bits per heavy atom. The van der Waals surface area contributed by atoms with E-state index in [4.69, 9.17) is 0 Å². The first-order chi connectivity index (χ1) is 9.13. The van der Waals surface area contributed by atoms with Gasteiger partial charge in [-0.3, -0.25) is 4.79 Å². The molecule has 1 N–H and O–H groups in total. The van der Waals surface area contributed by atoms with Gasteiger partial charge in [0.1, 0.15) is 0 Å². The van der Waals surface area contributed by atoms with Crippen molar-refractivity contribution in [2.75, 3.05) is 6.54 Å². The molecule has 0 saturated heterocycles. The molecule has 2 aliphatic carbocycles. The largest absolute Gasteiger partial charge is 0.352 e. The van der Waals surface area contributed by atoms with Crippen molar-refractivity contribution in [1.82, 2.24) is 5.32 Å². The van der Waals surface area contributed by atoms with E-state index in [2.05, 4.69) is 33.9 Å². The van der Waals surface area contributed by atoms with E-state index in [9.17, 15) is 4.79 Å². The molecular formula is C15H18BrNOS. The van der Waals surface area contributed by atoms with Crippen LogP contribution in [0.5, 0.6) is 0 Å².